The van der Waals surface area contributed by atoms with Gasteiger partial charge in [0, 0.05) is 6.42 Å². The van der Waals surface area contributed by atoms with Gasteiger partial charge in [0.25, 0.3) is 0 Å². The molecule has 0 unspecified atom stereocenters. The summed E-state index contributed by atoms with van der Waals surface area (Å²) in [6.45, 7) is 6.23. The van der Waals surface area contributed by atoms with Crippen LogP contribution >= 0.6 is 0 Å². The van der Waals surface area contributed by atoms with Gasteiger partial charge in [-0.3, -0.25) is 4.79 Å². The second kappa shape index (κ2) is 4.43. The van der Waals surface area contributed by atoms with Gasteiger partial charge in [-0.05, 0) is 37.5 Å². The highest BCUT2D eigenvalue weighted by Gasteiger charge is 2.38. The predicted molar refractivity (Wildman–Crippen MR) is 57.0 cm³/mol. The van der Waals surface area contributed by atoms with Crippen LogP contribution in [-0.2, 0) is 4.79 Å². The van der Waals surface area contributed by atoms with Crippen molar-refractivity contribution in [2.75, 3.05) is 0 Å². The van der Waals surface area contributed by atoms with Crippen molar-refractivity contribution in [3.8, 4) is 0 Å². The zero-order valence-electron chi connectivity index (χ0n) is 9.55. The molecule has 0 atom stereocenters. The maximum absolute atomic E-state index is 11.8. The highest BCUT2D eigenvalue weighted by atomic mass is 16.3. The van der Waals surface area contributed by atoms with Crippen molar-refractivity contribution in [1.29, 1.82) is 0 Å². The summed E-state index contributed by atoms with van der Waals surface area (Å²) in [6, 6.07) is 0. The van der Waals surface area contributed by atoms with Gasteiger partial charge in [0.1, 0.15) is 5.60 Å². The van der Waals surface area contributed by atoms with E-state index in [4.69, 9.17) is 0 Å². The fourth-order valence-electron chi connectivity index (χ4n) is 2.08. The molecule has 0 aliphatic heterocycles. The fourth-order valence-corrected chi connectivity index (χ4v) is 2.08. The largest absolute Gasteiger partial charge is 0.382 e. The molecule has 1 fully saturated rings. The van der Waals surface area contributed by atoms with Gasteiger partial charge in [0.05, 0.1) is 0 Å². The molecular weight excluding hydrogens is 176 g/mol. The third-order valence-corrected chi connectivity index (χ3v) is 3.21. The highest BCUT2D eigenvalue weighted by Crippen LogP contribution is 2.33. The van der Waals surface area contributed by atoms with Crippen LogP contribution in [0.4, 0.5) is 0 Å². The van der Waals surface area contributed by atoms with Gasteiger partial charge in [0.2, 0.25) is 0 Å². The second-order valence-electron chi connectivity index (χ2n) is 5.24. The van der Waals surface area contributed by atoms with Gasteiger partial charge in [-0.2, -0.15) is 0 Å². The molecule has 0 aromatic heterocycles. The lowest BCUT2D eigenvalue weighted by atomic mass is 9.76. The summed E-state index contributed by atoms with van der Waals surface area (Å²) < 4.78 is 0. The zero-order chi connectivity index (χ0) is 10.8. The Kier molecular flexibility index (Phi) is 3.71. The average molecular weight is 198 g/mol. The van der Waals surface area contributed by atoms with Crippen molar-refractivity contribution in [2.24, 2.45) is 11.8 Å². The Morgan fingerprint density at radius 1 is 1.43 bits per heavy atom. The molecule has 0 heterocycles. The molecular formula is C12H22O2. The average Bonchev–Trinajstić information content (AvgIpc) is 2.09. The number of rotatable bonds is 3. The lowest BCUT2D eigenvalue weighted by molar-refractivity contribution is -0.142. The quantitative estimate of drug-likeness (QED) is 0.756. The second-order valence-corrected chi connectivity index (χ2v) is 5.24. The van der Waals surface area contributed by atoms with Crippen molar-refractivity contribution in [3.63, 3.8) is 0 Å². The third-order valence-electron chi connectivity index (χ3n) is 3.21. The molecule has 1 saturated carbocycles. The molecule has 0 aromatic rings. The van der Waals surface area contributed by atoms with Crippen molar-refractivity contribution < 1.29 is 9.90 Å². The van der Waals surface area contributed by atoms with Gasteiger partial charge in [0.15, 0.2) is 5.78 Å². The topological polar surface area (TPSA) is 37.3 Å². The number of carbonyl (C=O) groups excluding carboxylic acids is 1. The molecule has 1 N–H and O–H groups in total. The van der Waals surface area contributed by atoms with E-state index in [-0.39, 0.29) is 5.78 Å². The monoisotopic (exact) mass is 198 g/mol. The van der Waals surface area contributed by atoms with Gasteiger partial charge in [-0.25, -0.2) is 0 Å². The van der Waals surface area contributed by atoms with Crippen molar-refractivity contribution in [2.45, 2.75) is 58.5 Å². The number of hydrogen-bond donors (Lipinski definition) is 1. The SMILES string of the molecule is CC(C)CC(=O)C1(O)CCC(C)CC1. The molecule has 2 nitrogen and oxygen atoms in total. The van der Waals surface area contributed by atoms with Crippen LogP contribution in [-0.4, -0.2) is 16.5 Å². The zero-order valence-corrected chi connectivity index (χ0v) is 9.55. The van der Waals surface area contributed by atoms with E-state index >= 15 is 0 Å². The Morgan fingerprint density at radius 2 is 1.93 bits per heavy atom. The summed E-state index contributed by atoms with van der Waals surface area (Å²) >= 11 is 0. The first-order chi connectivity index (χ1) is 6.44. The summed E-state index contributed by atoms with van der Waals surface area (Å²) in [5.41, 5.74) is -0.989. The summed E-state index contributed by atoms with van der Waals surface area (Å²) in [7, 11) is 0. The van der Waals surface area contributed by atoms with Crippen molar-refractivity contribution >= 4 is 5.78 Å². The summed E-state index contributed by atoms with van der Waals surface area (Å²) in [5, 5.41) is 10.2. The van der Waals surface area contributed by atoms with E-state index < -0.39 is 5.60 Å². The number of hydrogen-bond acceptors (Lipinski definition) is 2. The molecule has 2 heteroatoms. The standard InChI is InChI=1S/C12H22O2/c1-9(2)8-11(13)12(14)6-4-10(3)5-7-12/h9-10,14H,4-8H2,1-3H3. The van der Waals surface area contributed by atoms with E-state index in [9.17, 15) is 9.90 Å². The van der Waals surface area contributed by atoms with E-state index in [1.165, 1.54) is 0 Å². The molecule has 0 bridgehead atoms. The van der Waals surface area contributed by atoms with E-state index in [2.05, 4.69) is 6.92 Å². The van der Waals surface area contributed by atoms with Crippen molar-refractivity contribution in [3.05, 3.63) is 0 Å². The van der Waals surface area contributed by atoms with E-state index in [0.29, 0.717) is 31.1 Å². The molecule has 82 valence electrons. The molecule has 1 rings (SSSR count). The van der Waals surface area contributed by atoms with Crippen LogP contribution in [0.5, 0.6) is 0 Å². The van der Waals surface area contributed by atoms with Crippen LogP contribution in [0, 0.1) is 11.8 Å². The minimum atomic E-state index is -0.989. The smallest absolute Gasteiger partial charge is 0.164 e. The highest BCUT2D eigenvalue weighted by molar-refractivity contribution is 5.87. The Morgan fingerprint density at radius 3 is 2.36 bits per heavy atom. The van der Waals surface area contributed by atoms with Crippen LogP contribution in [0.1, 0.15) is 52.9 Å². The number of carbonyl (C=O) groups is 1. The molecule has 14 heavy (non-hydrogen) atoms. The molecule has 0 radical (unpaired) electrons. The first kappa shape index (κ1) is 11.7. The maximum Gasteiger partial charge on any atom is 0.164 e. The molecule has 0 saturated heterocycles. The Bertz CT molecular complexity index is 200. The van der Waals surface area contributed by atoms with Gasteiger partial charge in [-0.15, -0.1) is 0 Å². The van der Waals surface area contributed by atoms with E-state index in [1.807, 2.05) is 13.8 Å². The molecule has 0 aromatic carbocycles. The molecule has 0 spiro atoms. The molecule has 1 aliphatic rings. The summed E-state index contributed by atoms with van der Waals surface area (Å²) in [4.78, 5) is 11.8. The number of ketones is 1. The lowest BCUT2D eigenvalue weighted by Gasteiger charge is -2.33. The van der Waals surface area contributed by atoms with Crippen LogP contribution in [0.2, 0.25) is 0 Å². The van der Waals surface area contributed by atoms with E-state index in [1.54, 1.807) is 0 Å². The minimum absolute atomic E-state index is 0.0550. The summed E-state index contributed by atoms with van der Waals surface area (Å²) in [5.74, 6) is 1.08. The number of aliphatic hydroxyl groups is 1. The Hall–Kier alpha value is -0.370. The van der Waals surface area contributed by atoms with Crippen molar-refractivity contribution in [1.82, 2.24) is 0 Å². The minimum Gasteiger partial charge on any atom is -0.382 e. The van der Waals surface area contributed by atoms with Gasteiger partial charge < -0.3 is 5.11 Å². The number of Topliss-reactive ketones (excluding diaryl/α,β-unsaturated/α-hetero) is 1. The van der Waals surface area contributed by atoms with E-state index in [0.717, 1.165) is 12.8 Å². The maximum atomic E-state index is 11.8. The Labute approximate surface area is 86.7 Å². The van der Waals surface area contributed by atoms with Gasteiger partial charge in [-0.1, -0.05) is 20.8 Å². The van der Waals surface area contributed by atoms with Crippen LogP contribution in [0.15, 0.2) is 0 Å². The van der Waals surface area contributed by atoms with Crippen LogP contribution < -0.4 is 0 Å². The van der Waals surface area contributed by atoms with Crippen LogP contribution in [0.25, 0.3) is 0 Å². The fraction of sp³-hybridized carbons (Fsp3) is 0.917. The Balaban J connectivity index is 2.52. The third kappa shape index (κ3) is 2.81. The van der Waals surface area contributed by atoms with Crippen LogP contribution in [0.3, 0.4) is 0 Å². The first-order valence-corrected chi connectivity index (χ1v) is 5.70. The first-order valence-electron chi connectivity index (χ1n) is 5.70. The van der Waals surface area contributed by atoms with Gasteiger partial charge >= 0.3 is 0 Å². The lowest BCUT2D eigenvalue weighted by Crippen LogP contribution is -2.42. The normalized spacial score (nSPS) is 33.4. The molecule has 0 amide bonds. The summed E-state index contributed by atoms with van der Waals surface area (Å²) in [6.07, 6.45) is 3.82. The molecule has 1 aliphatic carbocycles. The predicted octanol–water partition coefficient (Wildman–Crippen LogP) is 2.54.